The van der Waals surface area contributed by atoms with Crippen molar-refractivity contribution in [3.05, 3.63) is 0 Å². The summed E-state index contributed by atoms with van der Waals surface area (Å²) in [7, 11) is 1.16. The highest BCUT2D eigenvalue weighted by atomic mass is 16.5. The minimum absolute atomic E-state index is 0.138. The lowest BCUT2D eigenvalue weighted by Gasteiger charge is -2.24. The fraction of sp³-hybridized carbons (Fsp3) is 0.750. The van der Waals surface area contributed by atoms with Crippen LogP contribution in [-0.2, 0) is 14.3 Å². The zero-order valence-corrected chi connectivity index (χ0v) is 8.09. The third-order valence-electron chi connectivity index (χ3n) is 1.52. The maximum absolute atomic E-state index is 11.1. The number of hydrogen-bond donors (Lipinski definition) is 2. The van der Waals surface area contributed by atoms with Crippen LogP contribution in [0.15, 0.2) is 0 Å². The van der Waals surface area contributed by atoms with Gasteiger partial charge >= 0.3 is 5.97 Å². The Labute approximate surface area is 77.1 Å². The van der Waals surface area contributed by atoms with Gasteiger partial charge < -0.3 is 15.2 Å². The molecular formula is C8H15NO4. The quantitative estimate of drug-likeness (QED) is 0.473. The minimum atomic E-state index is -1.88. The van der Waals surface area contributed by atoms with Gasteiger partial charge in [-0.25, -0.2) is 4.79 Å². The van der Waals surface area contributed by atoms with Crippen LogP contribution in [0.4, 0.5) is 0 Å². The molecule has 0 unspecified atom stereocenters. The van der Waals surface area contributed by atoms with E-state index in [0.717, 1.165) is 7.11 Å². The van der Waals surface area contributed by atoms with E-state index in [1.54, 1.807) is 6.92 Å². The summed E-state index contributed by atoms with van der Waals surface area (Å²) in [5, 5.41) is 11.8. The van der Waals surface area contributed by atoms with Gasteiger partial charge in [-0.3, -0.25) is 4.79 Å². The van der Waals surface area contributed by atoms with E-state index in [4.69, 9.17) is 0 Å². The topological polar surface area (TPSA) is 75.6 Å². The first-order chi connectivity index (χ1) is 5.96. The van der Waals surface area contributed by atoms with Crippen molar-refractivity contribution in [1.82, 2.24) is 5.32 Å². The zero-order valence-electron chi connectivity index (χ0n) is 8.09. The van der Waals surface area contributed by atoms with E-state index >= 15 is 0 Å². The molecule has 0 rings (SSSR count). The van der Waals surface area contributed by atoms with Crippen LogP contribution < -0.4 is 5.32 Å². The van der Waals surface area contributed by atoms with Gasteiger partial charge in [0.15, 0.2) is 0 Å². The zero-order chi connectivity index (χ0) is 10.5. The molecule has 1 amide bonds. The van der Waals surface area contributed by atoms with Gasteiger partial charge in [-0.05, 0) is 0 Å². The Bertz CT molecular complexity index is 204. The van der Waals surface area contributed by atoms with Gasteiger partial charge in [0.1, 0.15) is 0 Å². The summed E-state index contributed by atoms with van der Waals surface area (Å²) in [6, 6.07) is 0. The van der Waals surface area contributed by atoms with Gasteiger partial charge in [0.05, 0.1) is 7.11 Å². The van der Waals surface area contributed by atoms with Crippen LogP contribution in [0.25, 0.3) is 0 Å². The van der Waals surface area contributed by atoms with Gasteiger partial charge in [-0.2, -0.15) is 0 Å². The number of hydrogen-bond acceptors (Lipinski definition) is 4. The van der Waals surface area contributed by atoms with Crippen molar-refractivity contribution in [1.29, 1.82) is 0 Å². The summed E-state index contributed by atoms with van der Waals surface area (Å²) in [4.78, 5) is 21.7. The van der Waals surface area contributed by atoms with Crippen LogP contribution in [0, 0.1) is 0 Å². The summed E-state index contributed by atoms with van der Waals surface area (Å²) in [5.41, 5.74) is -1.88. The monoisotopic (exact) mass is 189 g/mol. The van der Waals surface area contributed by atoms with Gasteiger partial charge in [-0.15, -0.1) is 0 Å². The molecule has 0 fully saturated rings. The lowest BCUT2D eigenvalue weighted by Crippen LogP contribution is -2.54. The number of methoxy groups -OCH3 is 1. The predicted molar refractivity (Wildman–Crippen MR) is 45.7 cm³/mol. The van der Waals surface area contributed by atoms with E-state index in [1.807, 2.05) is 0 Å². The van der Waals surface area contributed by atoms with Crippen molar-refractivity contribution < 1.29 is 19.4 Å². The lowest BCUT2D eigenvalue weighted by atomic mass is 10.1. The highest BCUT2D eigenvalue weighted by Crippen LogP contribution is 2.10. The number of aliphatic hydroxyl groups is 1. The standard InChI is InChI=1S/C8H15NO4/c1-4-5-8(12,7(11)13-3)9-6(2)10/h12H,4-5H2,1-3H3,(H,9,10)/t8-/m1/s1. The van der Waals surface area contributed by atoms with Crippen LogP contribution in [0.2, 0.25) is 0 Å². The molecule has 0 aliphatic heterocycles. The average Bonchev–Trinajstić information content (AvgIpc) is 2.02. The Kier molecular flexibility index (Phi) is 4.40. The van der Waals surface area contributed by atoms with Crippen molar-refractivity contribution in [3.63, 3.8) is 0 Å². The largest absolute Gasteiger partial charge is 0.465 e. The number of nitrogens with one attached hydrogen (secondary N) is 1. The van der Waals surface area contributed by atoms with Crippen molar-refractivity contribution in [2.45, 2.75) is 32.4 Å². The molecule has 0 saturated carbocycles. The first kappa shape index (κ1) is 11.9. The van der Waals surface area contributed by atoms with E-state index in [9.17, 15) is 14.7 Å². The average molecular weight is 189 g/mol. The number of esters is 1. The first-order valence-corrected chi connectivity index (χ1v) is 4.05. The Balaban J connectivity index is 4.50. The lowest BCUT2D eigenvalue weighted by molar-refractivity contribution is -0.169. The van der Waals surface area contributed by atoms with E-state index in [2.05, 4.69) is 10.1 Å². The summed E-state index contributed by atoms with van der Waals surface area (Å²) in [5.74, 6) is -1.31. The summed E-state index contributed by atoms with van der Waals surface area (Å²) in [6.45, 7) is 3.01. The SMILES string of the molecule is CCC[C@](O)(NC(C)=O)C(=O)OC. The number of carbonyl (C=O) groups is 2. The maximum Gasteiger partial charge on any atom is 0.359 e. The van der Waals surface area contributed by atoms with E-state index in [0.29, 0.717) is 6.42 Å². The minimum Gasteiger partial charge on any atom is -0.465 e. The third kappa shape index (κ3) is 3.42. The molecule has 0 aromatic carbocycles. The molecule has 5 nitrogen and oxygen atoms in total. The smallest absolute Gasteiger partial charge is 0.359 e. The first-order valence-electron chi connectivity index (χ1n) is 4.05. The molecule has 0 aliphatic rings. The summed E-state index contributed by atoms with van der Waals surface area (Å²) < 4.78 is 4.37. The molecule has 2 N–H and O–H groups in total. The number of ether oxygens (including phenoxy) is 1. The molecule has 0 aromatic heterocycles. The third-order valence-corrected chi connectivity index (χ3v) is 1.52. The maximum atomic E-state index is 11.1. The Morgan fingerprint density at radius 3 is 2.38 bits per heavy atom. The molecular weight excluding hydrogens is 174 g/mol. The number of rotatable bonds is 4. The van der Waals surface area contributed by atoms with Crippen LogP contribution in [0.1, 0.15) is 26.7 Å². The van der Waals surface area contributed by atoms with Gasteiger partial charge in [0.2, 0.25) is 11.6 Å². The van der Waals surface area contributed by atoms with Crippen molar-refractivity contribution in [3.8, 4) is 0 Å². The molecule has 0 bridgehead atoms. The second-order valence-electron chi connectivity index (χ2n) is 2.78. The fourth-order valence-corrected chi connectivity index (χ4v) is 1.04. The van der Waals surface area contributed by atoms with Gasteiger partial charge in [0, 0.05) is 13.3 Å². The van der Waals surface area contributed by atoms with Crippen LogP contribution in [-0.4, -0.2) is 29.8 Å². The van der Waals surface area contributed by atoms with Gasteiger partial charge in [-0.1, -0.05) is 13.3 Å². The number of carbonyl (C=O) groups excluding carboxylic acids is 2. The molecule has 0 aromatic rings. The highest BCUT2D eigenvalue weighted by molar-refractivity contribution is 5.85. The molecule has 0 saturated heterocycles. The van der Waals surface area contributed by atoms with E-state index in [1.165, 1.54) is 6.92 Å². The summed E-state index contributed by atoms with van der Waals surface area (Å²) in [6.07, 6.45) is 0.700. The second-order valence-corrected chi connectivity index (χ2v) is 2.78. The molecule has 0 radical (unpaired) electrons. The summed E-state index contributed by atoms with van der Waals surface area (Å²) >= 11 is 0. The Hall–Kier alpha value is -1.10. The van der Waals surface area contributed by atoms with Gasteiger partial charge in [0.25, 0.3) is 0 Å². The number of amides is 1. The fourth-order valence-electron chi connectivity index (χ4n) is 1.04. The molecule has 0 aliphatic carbocycles. The van der Waals surface area contributed by atoms with E-state index < -0.39 is 17.6 Å². The molecule has 1 atom stereocenters. The molecule has 0 heterocycles. The van der Waals surface area contributed by atoms with Crippen LogP contribution in [0.5, 0.6) is 0 Å². The predicted octanol–water partition coefficient (Wildman–Crippen LogP) is -0.216. The normalized spacial score (nSPS) is 14.5. The highest BCUT2D eigenvalue weighted by Gasteiger charge is 2.36. The van der Waals surface area contributed by atoms with Crippen LogP contribution in [0.3, 0.4) is 0 Å². The Morgan fingerprint density at radius 1 is 1.54 bits per heavy atom. The molecule has 0 spiro atoms. The van der Waals surface area contributed by atoms with Crippen molar-refractivity contribution >= 4 is 11.9 Å². The Morgan fingerprint density at radius 2 is 2.08 bits per heavy atom. The molecule has 13 heavy (non-hydrogen) atoms. The molecule has 5 heteroatoms. The molecule has 76 valence electrons. The van der Waals surface area contributed by atoms with Crippen LogP contribution >= 0.6 is 0 Å². The van der Waals surface area contributed by atoms with Crippen molar-refractivity contribution in [2.24, 2.45) is 0 Å². The van der Waals surface area contributed by atoms with Crippen molar-refractivity contribution in [2.75, 3.05) is 7.11 Å². The second kappa shape index (κ2) is 4.81. The van der Waals surface area contributed by atoms with E-state index in [-0.39, 0.29) is 6.42 Å².